The fraction of sp³-hybridized carbons (Fsp3) is 0.600. The fourth-order valence-electron chi connectivity index (χ4n) is 2.83. The Morgan fingerprint density at radius 3 is 2.61 bits per heavy atom. The van der Waals surface area contributed by atoms with E-state index in [0.717, 1.165) is 28.2 Å². The summed E-state index contributed by atoms with van der Waals surface area (Å²) >= 11 is 3.63. The zero-order chi connectivity index (χ0) is 13.1. The molecule has 0 amide bonds. The third-order valence-electron chi connectivity index (χ3n) is 4.00. The molecule has 2 N–H and O–H groups in total. The van der Waals surface area contributed by atoms with Crippen LogP contribution >= 0.6 is 15.9 Å². The van der Waals surface area contributed by atoms with E-state index in [9.17, 15) is 0 Å². The van der Waals surface area contributed by atoms with Crippen molar-refractivity contribution in [1.82, 2.24) is 0 Å². The van der Waals surface area contributed by atoms with Crippen LogP contribution in [0.15, 0.2) is 16.6 Å². The Labute approximate surface area is 119 Å². The van der Waals surface area contributed by atoms with Crippen molar-refractivity contribution in [2.75, 3.05) is 24.2 Å². The largest absolute Gasteiger partial charge is 0.398 e. The van der Waals surface area contributed by atoms with Crippen LogP contribution in [0.2, 0.25) is 0 Å². The van der Waals surface area contributed by atoms with Gasteiger partial charge in [0.05, 0.1) is 5.69 Å². The number of nitrogen functional groups attached to an aromatic ring is 1. The summed E-state index contributed by atoms with van der Waals surface area (Å²) in [5.41, 5.74) is 9.20. The van der Waals surface area contributed by atoms with E-state index < -0.39 is 0 Å². The molecule has 0 bridgehead atoms. The van der Waals surface area contributed by atoms with Crippen LogP contribution in [-0.2, 0) is 0 Å². The van der Waals surface area contributed by atoms with Gasteiger partial charge in [-0.1, -0.05) is 19.3 Å². The number of hydrogen-bond acceptors (Lipinski definition) is 2. The van der Waals surface area contributed by atoms with Crippen molar-refractivity contribution in [3.05, 3.63) is 22.2 Å². The van der Waals surface area contributed by atoms with E-state index in [4.69, 9.17) is 5.73 Å². The average molecular weight is 311 g/mol. The Kier molecular flexibility index (Phi) is 4.55. The van der Waals surface area contributed by atoms with Gasteiger partial charge in [0.15, 0.2) is 0 Å². The average Bonchev–Trinajstić information content (AvgIpc) is 2.35. The Balaban J connectivity index is 2.08. The van der Waals surface area contributed by atoms with Gasteiger partial charge in [0.1, 0.15) is 0 Å². The monoisotopic (exact) mass is 310 g/mol. The summed E-state index contributed by atoms with van der Waals surface area (Å²) in [6.45, 7) is 3.22. The van der Waals surface area contributed by atoms with Gasteiger partial charge in [-0.3, -0.25) is 0 Å². The van der Waals surface area contributed by atoms with Gasteiger partial charge in [0.2, 0.25) is 0 Å². The Morgan fingerprint density at radius 2 is 1.94 bits per heavy atom. The standard InChI is InChI=1S/C15H23BrN2/c1-11-8-15(13(16)9-14(11)17)18(2)10-12-6-4-3-5-7-12/h8-9,12H,3-7,10,17H2,1-2H3. The van der Waals surface area contributed by atoms with Gasteiger partial charge in [-0.05, 0) is 59.3 Å². The third kappa shape index (κ3) is 3.19. The molecule has 0 aromatic heterocycles. The van der Waals surface area contributed by atoms with E-state index in [1.54, 1.807) is 0 Å². The summed E-state index contributed by atoms with van der Waals surface area (Å²) < 4.78 is 1.10. The highest BCUT2D eigenvalue weighted by atomic mass is 79.9. The minimum atomic E-state index is 0.855. The van der Waals surface area contributed by atoms with Crippen molar-refractivity contribution in [3.8, 4) is 0 Å². The van der Waals surface area contributed by atoms with Crippen LogP contribution in [0, 0.1) is 12.8 Å². The fourth-order valence-corrected chi connectivity index (χ4v) is 3.49. The van der Waals surface area contributed by atoms with Crippen molar-refractivity contribution < 1.29 is 0 Å². The number of anilines is 2. The van der Waals surface area contributed by atoms with Crippen LogP contribution in [0.25, 0.3) is 0 Å². The zero-order valence-electron chi connectivity index (χ0n) is 11.4. The van der Waals surface area contributed by atoms with E-state index >= 15 is 0 Å². The van der Waals surface area contributed by atoms with E-state index in [-0.39, 0.29) is 0 Å². The van der Waals surface area contributed by atoms with Gasteiger partial charge in [0, 0.05) is 23.8 Å². The van der Waals surface area contributed by atoms with Crippen molar-refractivity contribution in [2.45, 2.75) is 39.0 Å². The van der Waals surface area contributed by atoms with Gasteiger partial charge < -0.3 is 10.6 Å². The van der Waals surface area contributed by atoms with Crippen molar-refractivity contribution >= 4 is 27.3 Å². The molecule has 0 heterocycles. The number of aryl methyl sites for hydroxylation is 1. The van der Waals surface area contributed by atoms with Crippen LogP contribution in [0.3, 0.4) is 0 Å². The van der Waals surface area contributed by atoms with Crippen molar-refractivity contribution in [1.29, 1.82) is 0 Å². The maximum Gasteiger partial charge on any atom is 0.0512 e. The smallest absolute Gasteiger partial charge is 0.0512 e. The normalized spacial score (nSPS) is 16.8. The first kappa shape index (κ1) is 13.7. The molecule has 100 valence electrons. The highest BCUT2D eigenvalue weighted by molar-refractivity contribution is 9.10. The molecule has 1 aliphatic rings. The molecule has 1 fully saturated rings. The Morgan fingerprint density at radius 1 is 1.28 bits per heavy atom. The first-order valence-electron chi connectivity index (χ1n) is 6.84. The molecule has 1 saturated carbocycles. The van der Waals surface area contributed by atoms with Crippen LogP contribution in [0.5, 0.6) is 0 Å². The first-order valence-corrected chi connectivity index (χ1v) is 7.64. The highest BCUT2D eigenvalue weighted by Crippen LogP contribution is 2.32. The molecule has 2 rings (SSSR count). The molecule has 1 aromatic rings. The summed E-state index contributed by atoms with van der Waals surface area (Å²) in [6.07, 6.45) is 7.00. The lowest BCUT2D eigenvalue weighted by atomic mass is 9.89. The summed E-state index contributed by atoms with van der Waals surface area (Å²) in [6, 6.07) is 4.20. The second kappa shape index (κ2) is 5.96. The molecule has 0 saturated heterocycles. The maximum atomic E-state index is 5.93. The molecule has 1 aliphatic carbocycles. The third-order valence-corrected chi connectivity index (χ3v) is 4.64. The molecule has 0 radical (unpaired) electrons. The summed E-state index contributed by atoms with van der Waals surface area (Å²) in [5.74, 6) is 0.855. The number of nitrogens with zero attached hydrogens (tertiary/aromatic N) is 1. The molecule has 0 atom stereocenters. The molecule has 18 heavy (non-hydrogen) atoms. The van der Waals surface area contributed by atoms with Gasteiger partial charge >= 0.3 is 0 Å². The number of rotatable bonds is 3. The SMILES string of the molecule is Cc1cc(N(C)CC2CCCCC2)c(Br)cc1N. The zero-order valence-corrected chi connectivity index (χ0v) is 13.0. The van der Waals surface area contributed by atoms with Crippen LogP contribution in [0.1, 0.15) is 37.7 Å². The number of nitrogens with two attached hydrogens (primary N) is 1. The van der Waals surface area contributed by atoms with Crippen molar-refractivity contribution in [2.24, 2.45) is 5.92 Å². The van der Waals surface area contributed by atoms with Gasteiger partial charge in [-0.2, -0.15) is 0 Å². The number of benzene rings is 1. The van der Waals surface area contributed by atoms with Gasteiger partial charge in [-0.15, -0.1) is 0 Å². The van der Waals surface area contributed by atoms with Gasteiger partial charge in [0.25, 0.3) is 0 Å². The number of hydrogen-bond donors (Lipinski definition) is 1. The first-order chi connectivity index (χ1) is 8.58. The van der Waals surface area contributed by atoms with Crippen LogP contribution in [0.4, 0.5) is 11.4 Å². The Hall–Kier alpha value is -0.700. The second-order valence-electron chi connectivity index (χ2n) is 5.54. The predicted molar refractivity (Wildman–Crippen MR) is 83.1 cm³/mol. The Bertz CT molecular complexity index is 411. The minimum Gasteiger partial charge on any atom is -0.398 e. The van der Waals surface area contributed by atoms with Crippen molar-refractivity contribution in [3.63, 3.8) is 0 Å². The molecule has 0 spiro atoms. The minimum absolute atomic E-state index is 0.855. The van der Waals surface area contributed by atoms with E-state index in [0.29, 0.717) is 0 Å². The second-order valence-corrected chi connectivity index (χ2v) is 6.40. The summed E-state index contributed by atoms with van der Waals surface area (Å²) in [4.78, 5) is 2.37. The molecular weight excluding hydrogens is 288 g/mol. The molecular formula is C15H23BrN2. The maximum absolute atomic E-state index is 5.93. The molecule has 3 heteroatoms. The lowest BCUT2D eigenvalue weighted by Gasteiger charge is -2.29. The number of halogens is 1. The summed E-state index contributed by atoms with van der Waals surface area (Å²) in [7, 11) is 2.18. The molecule has 0 unspecified atom stereocenters. The summed E-state index contributed by atoms with van der Waals surface area (Å²) in [5, 5.41) is 0. The lowest BCUT2D eigenvalue weighted by Crippen LogP contribution is -2.27. The molecule has 2 nitrogen and oxygen atoms in total. The van der Waals surface area contributed by atoms with Crippen LogP contribution < -0.4 is 10.6 Å². The lowest BCUT2D eigenvalue weighted by molar-refractivity contribution is 0.362. The highest BCUT2D eigenvalue weighted by Gasteiger charge is 2.17. The quantitative estimate of drug-likeness (QED) is 0.841. The molecule has 1 aromatic carbocycles. The predicted octanol–water partition coefficient (Wildman–Crippen LogP) is 4.36. The van der Waals surface area contributed by atoms with E-state index in [1.807, 2.05) is 6.07 Å². The van der Waals surface area contributed by atoms with E-state index in [2.05, 4.69) is 40.9 Å². The van der Waals surface area contributed by atoms with E-state index in [1.165, 1.54) is 37.8 Å². The molecule has 0 aliphatic heterocycles. The topological polar surface area (TPSA) is 29.3 Å². The van der Waals surface area contributed by atoms with Crippen LogP contribution in [-0.4, -0.2) is 13.6 Å². The van der Waals surface area contributed by atoms with Gasteiger partial charge in [-0.25, -0.2) is 0 Å².